The van der Waals surface area contributed by atoms with Crippen molar-refractivity contribution in [2.75, 3.05) is 6.26 Å². The molecule has 1 rings (SSSR count). The first-order chi connectivity index (χ1) is 7.46. The second-order valence-corrected chi connectivity index (χ2v) is 4.53. The van der Waals surface area contributed by atoms with E-state index in [0.29, 0.717) is 0 Å². The van der Waals surface area contributed by atoms with Crippen LogP contribution in [-0.4, -0.2) is 19.7 Å². The molecule has 72 valence electrons. The van der Waals surface area contributed by atoms with Gasteiger partial charge in [0.25, 0.3) is 0 Å². The van der Waals surface area contributed by atoms with Crippen molar-refractivity contribution in [3.8, 4) is 0 Å². The minimum atomic E-state index is -3.56. The van der Waals surface area contributed by atoms with E-state index in [1.165, 1.54) is 6.07 Å². The Bertz CT molecular complexity index is 525. The molecule has 0 fully saturated rings. The highest BCUT2D eigenvalue weighted by Crippen LogP contribution is 2.12. The van der Waals surface area contributed by atoms with Gasteiger partial charge in [-0.2, -0.15) is 0 Å². The van der Waals surface area contributed by atoms with E-state index in [0.717, 1.165) is 18.5 Å². The molecular weight excluding hydrogens is 188 g/mol. The van der Waals surface area contributed by atoms with Crippen molar-refractivity contribution in [3.63, 3.8) is 0 Å². The zero-order valence-corrected chi connectivity index (χ0v) is 7.80. The van der Waals surface area contributed by atoms with Gasteiger partial charge in [0.05, 0.1) is 1.37 Å². The zero-order valence-electron chi connectivity index (χ0n) is 11.0. The fourth-order valence-electron chi connectivity index (χ4n) is 0.780. The summed E-state index contributed by atoms with van der Waals surface area (Å²) in [7, 11) is -3.56. The molecule has 2 N–H and O–H groups in total. The summed E-state index contributed by atoms with van der Waals surface area (Å²) in [6.07, 6.45) is 2.06. The molecule has 0 saturated carbocycles. The first-order valence-corrected chi connectivity index (χ1v) is 5.31. The first kappa shape index (κ1) is 5.72. The molecule has 0 saturated heterocycles. The van der Waals surface area contributed by atoms with Gasteiger partial charge in [-0.05, 0) is 24.5 Å². The fourth-order valence-corrected chi connectivity index (χ4v) is 1.37. The van der Waals surface area contributed by atoms with Crippen molar-refractivity contribution in [2.45, 2.75) is 17.9 Å². The van der Waals surface area contributed by atoms with Crippen molar-refractivity contribution in [1.82, 2.24) is 4.98 Å². The Morgan fingerprint density at radius 1 is 1.77 bits per heavy atom. The van der Waals surface area contributed by atoms with Crippen LogP contribution in [0.3, 0.4) is 0 Å². The lowest BCUT2D eigenvalue weighted by Crippen LogP contribution is -2.07. The van der Waals surface area contributed by atoms with Gasteiger partial charge in [-0.3, -0.25) is 0 Å². The van der Waals surface area contributed by atoms with E-state index in [-0.39, 0.29) is 10.6 Å². The molecule has 0 bridgehead atoms. The number of rotatable bonds is 2. The molecule has 13 heavy (non-hydrogen) atoms. The number of nitrogens with two attached hydrogens (primary N) is 1. The number of hydrogen-bond acceptors (Lipinski definition) is 4. The molecule has 1 heterocycles. The summed E-state index contributed by atoms with van der Waals surface area (Å²) in [5.74, 6) is 0. The van der Waals surface area contributed by atoms with Gasteiger partial charge < -0.3 is 5.73 Å². The van der Waals surface area contributed by atoms with Crippen molar-refractivity contribution in [2.24, 2.45) is 5.73 Å². The molecule has 1 atom stereocenters. The smallest absolute Gasteiger partial charge is 0.192 e. The average Bonchev–Trinajstić information content (AvgIpc) is 2.15. The van der Waals surface area contributed by atoms with Gasteiger partial charge in [0, 0.05) is 22.6 Å². The normalized spacial score (nSPS) is 22.0. The average molecular weight is 204 g/mol. The van der Waals surface area contributed by atoms with E-state index in [4.69, 9.17) is 11.2 Å². The summed E-state index contributed by atoms with van der Waals surface area (Å²) in [5.41, 5.74) is 5.29. The van der Waals surface area contributed by atoms with Crippen molar-refractivity contribution >= 4 is 9.84 Å². The van der Waals surface area contributed by atoms with Gasteiger partial charge in [-0.25, -0.2) is 13.4 Å². The third-order valence-corrected chi connectivity index (χ3v) is 2.41. The molecule has 1 aromatic rings. The highest BCUT2D eigenvalue weighted by molar-refractivity contribution is 7.90. The lowest BCUT2D eigenvalue weighted by atomic mass is 10.1. The lowest BCUT2D eigenvalue weighted by Gasteiger charge is -2.05. The molecule has 0 aromatic carbocycles. The van der Waals surface area contributed by atoms with Gasteiger partial charge in [-0.15, -0.1) is 0 Å². The van der Waals surface area contributed by atoms with Crippen LogP contribution in [0.2, 0.25) is 0 Å². The summed E-state index contributed by atoms with van der Waals surface area (Å²) in [6, 6.07) is -0.141. The molecule has 0 aliphatic heterocycles. The van der Waals surface area contributed by atoms with Crippen LogP contribution in [0, 0.1) is 0 Å². The van der Waals surface area contributed by atoms with Gasteiger partial charge in [0.15, 0.2) is 14.9 Å². The Balaban J connectivity index is 3.36. The third-order valence-electron chi connectivity index (χ3n) is 1.43. The molecule has 0 radical (unpaired) electrons. The molecule has 0 amide bonds. The predicted octanol–water partition coefficient (Wildman–Crippen LogP) is 0.505. The monoisotopic (exact) mass is 204 g/mol. The highest BCUT2D eigenvalue weighted by atomic mass is 32.2. The van der Waals surface area contributed by atoms with Crippen LogP contribution in [-0.2, 0) is 9.84 Å². The minimum absolute atomic E-state index is 0.118. The minimum Gasteiger partial charge on any atom is -0.324 e. The molecule has 0 unspecified atom stereocenters. The summed E-state index contributed by atoms with van der Waals surface area (Å²) < 4.78 is 51.6. The number of sulfone groups is 1. The van der Waals surface area contributed by atoms with E-state index in [1.54, 1.807) is 0 Å². The Morgan fingerprint density at radius 2 is 2.46 bits per heavy atom. The number of aromatic nitrogens is 1. The molecule has 1 aromatic heterocycles. The van der Waals surface area contributed by atoms with Crippen molar-refractivity contribution in [3.05, 3.63) is 23.9 Å². The van der Waals surface area contributed by atoms with Crippen molar-refractivity contribution < 1.29 is 13.9 Å². The van der Waals surface area contributed by atoms with Crippen LogP contribution in [0.25, 0.3) is 0 Å². The van der Waals surface area contributed by atoms with Crippen LogP contribution in [0.1, 0.15) is 23.9 Å². The van der Waals surface area contributed by atoms with Gasteiger partial charge in [-0.1, -0.05) is 0 Å². The number of hydrogen-bond donors (Lipinski definition) is 1. The Hall–Kier alpha value is -0.940. The maximum atomic E-state index is 11.3. The summed E-state index contributed by atoms with van der Waals surface area (Å²) in [4.78, 5) is 3.60. The zero-order chi connectivity index (χ0) is 13.5. The van der Waals surface area contributed by atoms with E-state index >= 15 is 0 Å². The maximum Gasteiger partial charge on any atom is 0.192 e. The summed E-state index contributed by atoms with van der Waals surface area (Å²) >= 11 is 0. The maximum absolute atomic E-state index is 11.3. The van der Waals surface area contributed by atoms with E-state index < -0.39 is 22.7 Å². The Kier molecular flexibility index (Phi) is 1.51. The fraction of sp³-hybridized carbons (Fsp3) is 0.375. The second kappa shape index (κ2) is 3.43. The molecule has 0 spiro atoms. The molecular formula is C8H12N2O2S. The number of pyridine rings is 1. The van der Waals surface area contributed by atoms with Gasteiger partial charge in [0.1, 0.15) is 0 Å². The van der Waals surface area contributed by atoms with E-state index in [9.17, 15) is 8.42 Å². The van der Waals surface area contributed by atoms with Crippen LogP contribution in [0.15, 0.2) is 23.4 Å². The van der Waals surface area contributed by atoms with Crippen LogP contribution < -0.4 is 5.73 Å². The quantitative estimate of drug-likeness (QED) is 0.761. The predicted molar refractivity (Wildman–Crippen MR) is 49.9 cm³/mol. The third kappa shape index (κ3) is 2.50. The number of nitrogens with zero attached hydrogens (tertiary/aromatic N) is 1. The Labute approximate surface area is 83.3 Å². The summed E-state index contributed by atoms with van der Waals surface area (Å²) in [6.45, 7) is -2.76. The van der Waals surface area contributed by atoms with Gasteiger partial charge in [0.2, 0.25) is 0 Å². The SMILES string of the molecule is [2H]C([2H])([2H])[C@@]([2H])(N)c1ccnc(S(C)(=O)=O)c1. The summed E-state index contributed by atoms with van der Waals surface area (Å²) in [5, 5.41) is -0.304. The van der Waals surface area contributed by atoms with Gasteiger partial charge >= 0.3 is 0 Å². The van der Waals surface area contributed by atoms with Crippen LogP contribution in [0.4, 0.5) is 0 Å². The van der Waals surface area contributed by atoms with Crippen LogP contribution >= 0.6 is 0 Å². The second-order valence-electron chi connectivity index (χ2n) is 2.57. The topological polar surface area (TPSA) is 73.0 Å². The molecule has 0 aliphatic carbocycles. The highest BCUT2D eigenvalue weighted by Gasteiger charge is 2.10. The first-order valence-electron chi connectivity index (χ1n) is 5.42. The largest absolute Gasteiger partial charge is 0.324 e. The molecule has 0 aliphatic rings. The molecule has 5 heteroatoms. The van der Waals surface area contributed by atoms with Crippen molar-refractivity contribution in [1.29, 1.82) is 0 Å². The van der Waals surface area contributed by atoms with E-state index in [1.807, 2.05) is 0 Å². The molecule has 4 nitrogen and oxygen atoms in total. The van der Waals surface area contributed by atoms with Crippen LogP contribution in [0.5, 0.6) is 0 Å². The lowest BCUT2D eigenvalue weighted by molar-refractivity contribution is 0.598. The Morgan fingerprint density at radius 3 is 3.00 bits per heavy atom. The van der Waals surface area contributed by atoms with E-state index in [2.05, 4.69) is 4.98 Å². The standard InChI is InChI=1S/C8H12N2O2S/c1-6(9)7-3-4-10-8(5-7)13(2,11)12/h3-6H,9H2,1-2H3/t6-/m1/s1/i1D3,6D.